The van der Waals surface area contributed by atoms with E-state index in [0.717, 1.165) is 16.8 Å². The molecule has 0 spiro atoms. The van der Waals surface area contributed by atoms with E-state index in [4.69, 9.17) is 11.6 Å². The molecule has 5 nitrogen and oxygen atoms in total. The Morgan fingerprint density at radius 3 is 2.48 bits per heavy atom. The lowest BCUT2D eigenvalue weighted by Crippen LogP contribution is -2.13. The van der Waals surface area contributed by atoms with Gasteiger partial charge < -0.3 is 10.2 Å². The molecule has 0 fully saturated rings. The zero-order valence-corrected chi connectivity index (χ0v) is 16.0. The zero-order chi connectivity index (χ0) is 19.2. The molecular formula is C21H21ClN4O. The van der Waals surface area contributed by atoms with Crippen LogP contribution in [-0.2, 0) is 11.3 Å². The van der Waals surface area contributed by atoms with Gasteiger partial charge in [0.1, 0.15) is 5.82 Å². The van der Waals surface area contributed by atoms with Crippen LogP contribution in [0.1, 0.15) is 11.1 Å². The summed E-state index contributed by atoms with van der Waals surface area (Å²) >= 11 is 5.91. The molecule has 0 aliphatic heterocycles. The second kappa shape index (κ2) is 8.56. The lowest BCUT2D eigenvalue weighted by atomic mass is 10.2. The van der Waals surface area contributed by atoms with Crippen molar-refractivity contribution in [2.24, 2.45) is 0 Å². The van der Waals surface area contributed by atoms with E-state index >= 15 is 0 Å². The molecule has 0 saturated carbocycles. The highest BCUT2D eigenvalue weighted by Crippen LogP contribution is 2.15. The SMILES string of the molecule is CN(C)c1ccc(/C=C/C(=O)Nc2ccnn2Cc2ccc(Cl)cc2)cc1. The molecule has 1 amide bonds. The van der Waals surface area contributed by atoms with Gasteiger partial charge in [0.25, 0.3) is 0 Å². The quantitative estimate of drug-likeness (QED) is 0.648. The van der Waals surface area contributed by atoms with Crippen LogP contribution in [0.2, 0.25) is 5.02 Å². The van der Waals surface area contributed by atoms with E-state index in [-0.39, 0.29) is 5.91 Å². The molecule has 6 heteroatoms. The Bertz CT molecular complexity index is 928. The molecular weight excluding hydrogens is 360 g/mol. The molecule has 0 radical (unpaired) electrons. The maximum absolute atomic E-state index is 12.2. The van der Waals surface area contributed by atoms with Crippen molar-refractivity contribution in [1.82, 2.24) is 9.78 Å². The fourth-order valence-electron chi connectivity index (χ4n) is 2.55. The Labute approximate surface area is 163 Å². The molecule has 27 heavy (non-hydrogen) atoms. The number of benzene rings is 2. The summed E-state index contributed by atoms with van der Waals surface area (Å²) in [6.07, 6.45) is 4.97. The van der Waals surface area contributed by atoms with E-state index in [2.05, 4.69) is 10.4 Å². The minimum Gasteiger partial charge on any atom is -0.378 e. The Morgan fingerprint density at radius 2 is 1.81 bits per heavy atom. The van der Waals surface area contributed by atoms with Gasteiger partial charge in [-0.1, -0.05) is 35.9 Å². The predicted molar refractivity (Wildman–Crippen MR) is 111 cm³/mol. The number of carbonyl (C=O) groups excluding carboxylic acids is 1. The number of halogens is 1. The van der Waals surface area contributed by atoms with Crippen LogP contribution in [0.5, 0.6) is 0 Å². The van der Waals surface area contributed by atoms with Crippen LogP contribution in [0, 0.1) is 0 Å². The fourth-order valence-corrected chi connectivity index (χ4v) is 2.68. The third kappa shape index (κ3) is 5.21. The summed E-state index contributed by atoms with van der Waals surface area (Å²) in [7, 11) is 3.98. The number of anilines is 2. The van der Waals surface area contributed by atoms with Crippen molar-refractivity contribution in [2.75, 3.05) is 24.3 Å². The van der Waals surface area contributed by atoms with Crippen LogP contribution < -0.4 is 10.2 Å². The highest BCUT2D eigenvalue weighted by atomic mass is 35.5. The Morgan fingerprint density at radius 1 is 1.11 bits per heavy atom. The van der Waals surface area contributed by atoms with Gasteiger partial charge in [-0.05, 0) is 41.5 Å². The smallest absolute Gasteiger partial charge is 0.249 e. The van der Waals surface area contributed by atoms with Gasteiger partial charge in [-0.25, -0.2) is 4.68 Å². The molecule has 0 bridgehead atoms. The number of aromatic nitrogens is 2. The molecule has 2 aromatic carbocycles. The first-order valence-corrected chi connectivity index (χ1v) is 8.92. The second-order valence-corrected chi connectivity index (χ2v) is 6.75. The van der Waals surface area contributed by atoms with Gasteiger partial charge in [0.15, 0.2) is 0 Å². The van der Waals surface area contributed by atoms with Crippen molar-refractivity contribution in [3.05, 3.63) is 83.0 Å². The van der Waals surface area contributed by atoms with Crippen LogP contribution in [-0.4, -0.2) is 29.8 Å². The summed E-state index contributed by atoms with van der Waals surface area (Å²) in [5.41, 5.74) is 3.13. The van der Waals surface area contributed by atoms with Crippen LogP contribution in [0.25, 0.3) is 6.08 Å². The molecule has 138 valence electrons. The van der Waals surface area contributed by atoms with Crippen molar-refractivity contribution in [1.29, 1.82) is 0 Å². The minimum atomic E-state index is -0.204. The standard InChI is InChI=1S/C21H21ClN4O/c1-25(2)19-10-5-16(6-11-19)7-12-21(27)24-20-13-14-23-26(20)15-17-3-8-18(22)9-4-17/h3-14H,15H2,1-2H3,(H,24,27)/b12-7+. The van der Waals surface area contributed by atoms with Gasteiger partial charge in [0.05, 0.1) is 12.7 Å². The van der Waals surface area contributed by atoms with Crippen molar-refractivity contribution >= 4 is 35.1 Å². The van der Waals surface area contributed by atoms with E-state index in [9.17, 15) is 4.79 Å². The minimum absolute atomic E-state index is 0.204. The van der Waals surface area contributed by atoms with Crippen molar-refractivity contribution in [3.63, 3.8) is 0 Å². The maximum Gasteiger partial charge on any atom is 0.249 e. The first kappa shape index (κ1) is 18.7. The topological polar surface area (TPSA) is 50.2 Å². The number of carbonyl (C=O) groups is 1. The van der Waals surface area contributed by atoms with Crippen molar-refractivity contribution < 1.29 is 4.79 Å². The van der Waals surface area contributed by atoms with E-state index in [1.165, 1.54) is 6.08 Å². The van der Waals surface area contributed by atoms with Gasteiger partial charge in [-0.15, -0.1) is 0 Å². The zero-order valence-electron chi connectivity index (χ0n) is 15.3. The fraction of sp³-hybridized carbons (Fsp3) is 0.143. The van der Waals surface area contributed by atoms with Crippen LogP contribution in [0.3, 0.4) is 0 Å². The van der Waals surface area contributed by atoms with E-state index in [1.54, 1.807) is 23.0 Å². The average molecular weight is 381 g/mol. The number of nitrogens with zero attached hydrogens (tertiary/aromatic N) is 3. The summed E-state index contributed by atoms with van der Waals surface area (Å²) in [5.74, 6) is 0.437. The first-order chi connectivity index (χ1) is 13.0. The second-order valence-electron chi connectivity index (χ2n) is 6.31. The number of nitrogens with one attached hydrogen (secondary N) is 1. The van der Waals surface area contributed by atoms with E-state index in [1.807, 2.05) is 67.5 Å². The molecule has 1 heterocycles. The Hall–Kier alpha value is -3.05. The summed E-state index contributed by atoms with van der Waals surface area (Å²) in [6.45, 7) is 0.551. The molecule has 0 atom stereocenters. The van der Waals surface area contributed by atoms with Gasteiger partial charge in [0, 0.05) is 36.9 Å². The van der Waals surface area contributed by atoms with Gasteiger partial charge in [0.2, 0.25) is 5.91 Å². The lowest BCUT2D eigenvalue weighted by Gasteiger charge is -2.11. The van der Waals surface area contributed by atoms with Crippen LogP contribution in [0.15, 0.2) is 66.9 Å². The summed E-state index contributed by atoms with van der Waals surface area (Å²) in [4.78, 5) is 14.3. The predicted octanol–water partition coefficient (Wildman–Crippen LogP) is 4.30. The molecule has 0 aliphatic rings. The number of rotatable bonds is 6. The van der Waals surface area contributed by atoms with Gasteiger partial charge >= 0.3 is 0 Å². The highest BCUT2D eigenvalue weighted by molar-refractivity contribution is 6.30. The highest BCUT2D eigenvalue weighted by Gasteiger charge is 2.06. The van der Waals surface area contributed by atoms with E-state index < -0.39 is 0 Å². The summed E-state index contributed by atoms with van der Waals surface area (Å²) in [5, 5.41) is 7.83. The number of hydrogen-bond acceptors (Lipinski definition) is 3. The van der Waals surface area contributed by atoms with Crippen LogP contribution in [0.4, 0.5) is 11.5 Å². The van der Waals surface area contributed by atoms with Crippen LogP contribution >= 0.6 is 11.6 Å². The average Bonchev–Trinajstić information content (AvgIpc) is 3.09. The monoisotopic (exact) mass is 380 g/mol. The molecule has 0 aliphatic carbocycles. The molecule has 3 rings (SSSR count). The summed E-state index contributed by atoms with van der Waals surface area (Å²) < 4.78 is 1.74. The van der Waals surface area contributed by atoms with Gasteiger partial charge in [-0.2, -0.15) is 5.10 Å². The summed E-state index contributed by atoms with van der Waals surface area (Å²) in [6, 6.07) is 17.3. The molecule has 0 unspecified atom stereocenters. The lowest BCUT2D eigenvalue weighted by molar-refractivity contribution is -0.111. The van der Waals surface area contributed by atoms with Crippen molar-refractivity contribution in [2.45, 2.75) is 6.54 Å². The van der Waals surface area contributed by atoms with Gasteiger partial charge in [-0.3, -0.25) is 4.79 Å². The van der Waals surface area contributed by atoms with E-state index in [0.29, 0.717) is 17.4 Å². The molecule has 0 saturated heterocycles. The molecule has 1 aromatic heterocycles. The van der Waals surface area contributed by atoms with Crippen molar-refractivity contribution in [3.8, 4) is 0 Å². The number of amides is 1. The third-order valence-corrected chi connectivity index (χ3v) is 4.30. The Kier molecular flexibility index (Phi) is 5.94. The molecule has 1 N–H and O–H groups in total. The first-order valence-electron chi connectivity index (χ1n) is 8.54. The largest absolute Gasteiger partial charge is 0.378 e. The maximum atomic E-state index is 12.2. The molecule has 3 aromatic rings. The number of hydrogen-bond donors (Lipinski definition) is 1. The normalized spacial score (nSPS) is 10.9. The Balaban J connectivity index is 1.62. The third-order valence-electron chi connectivity index (χ3n) is 4.05.